The zero-order chi connectivity index (χ0) is 19.5. The van der Waals surface area contributed by atoms with Gasteiger partial charge in [-0.25, -0.2) is 0 Å². The molecule has 0 aliphatic carbocycles. The number of rotatable bonds is 5. The topological polar surface area (TPSA) is 48.6 Å². The molecule has 146 valence electrons. The van der Waals surface area contributed by atoms with Crippen molar-refractivity contribution in [1.82, 2.24) is 9.88 Å². The van der Waals surface area contributed by atoms with Gasteiger partial charge in [-0.2, -0.15) is 0 Å². The van der Waals surface area contributed by atoms with Crippen LogP contribution in [0.3, 0.4) is 0 Å². The van der Waals surface area contributed by atoms with Crippen LogP contribution in [-0.2, 0) is 11.2 Å². The van der Waals surface area contributed by atoms with E-state index in [0.717, 1.165) is 54.2 Å². The van der Waals surface area contributed by atoms with E-state index in [-0.39, 0.29) is 5.91 Å². The molecule has 0 radical (unpaired) electrons. The van der Waals surface area contributed by atoms with E-state index >= 15 is 0 Å². The summed E-state index contributed by atoms with van der Waals surface area (Å²) in [5.41, 5.74) is 3.37. The number of hydrogen-bond donors (Lipinski definition) is 1. The summed E-state index contributed by atoms with van der Waals surface area (Å²) >= 11 is 3.60. The molecule has 3 aromatic rings. The van der Waals surface area contributed by atoms with Crippen molar-refractivity contribution in [2.24, 2.45) is 0 Å². The summed E-state index contributed by atoms with van der Waals surface area (Å²) in [6.45, 7) is 3.13. The molecule has 0 spiro atoms. The van der Waals surface area contributed by atoms with Gasteiger partial charge in [-0.15, -0.1) is 0 Å². The van der Waals surface area contributed by atoms with E-state index in [4.69, 9.17) is 4.74 Å². The van der Waals surface area contributed by atoms with Gasteiger partial charge < -0.3 is 19.5 Å². The lowest BCUT2D eigenvalue weighted by Crippen LogP contribution is -2.48. The molecule has 4 rings (SSSR count). The molecule has 5 nitrogen and oxygen atoms in total. The van der Waals surface area contributed by atoms with Crippen molar-refractivity contribution in [2.75, 3.05) is 38.2 Å². The number of aromatic nitrogens is 1. The average Bonchev–Trinajstić information content (AvgIpc) is 3.07. The monoisotopic (exact) mass is 441 g/mol. The van der Waals surface area contributed by atoms with Gasteiger partial charge in [0.1, 0.15) is 5.75 Å². The van der Waals surface area contributed by atoms with Crippen molar-refractivity contribution in [3.05, 3.63) is 58.7 Å². The van der Waals surface area contributed by atoms with Crippen LogP contribution in [0.25, 0.3) is 10.9 Å². The average molecular weight is 442 g/mol. The number of nitrogens with one attached hydrogen (secondary N) is 1. The van der Waals surface area contributed by atoms with Gasteiger partial charge in [0.25, 0.3) is 0 Å². The van der Waals surface area contributed by atoms with E-state index in [0.29, 0.717) is 6.42 Å². The van der Waals surface area contributed by atoms with Crippen molar-refractivity contribution < 1.29 is 9.53 Å². The Balaban J connectivity index is 1.36. The first-order valence-corrected chi connectivity index (χ1v) is 10.4. The molecule has 1 fully saturated rings. The Hall–Kier alpha value is -2.47. The van der Waals surface area contributed by atoms with Crippen LogP contribution in [0.1, 0.15) is 12.0 Å². The normalized spacial score (nSPS) is 14.5. The molecule has 2 heterocycles. The van der Waals surface area contributed by atoms with Crippen LogP contribution in [-0.4, -0.2) is 49.1 Å². The van der Waals surface area contributed by atoms with Crippen molar-refractivity contribution in [3.63, 3.8) is 0 Å². The number of methoxy groups -OCH3 is 1. The minimum Gasteiger partial charge on any atom is -0.495 e. The molecule has 1 amide bonds. The van der Waals surface area contributed by atoms with Crippen molar-refractivity contribution in [3.8, 4) is 5.75 Å². The standard InChI is InChI=1S/C22H24BrN3O2/c1-28-20-9-5-4-8-19(20)25-12-14-26(15-13-25)21(27)11-10-17-16-6-2-3-7-18(16)24-22(17)23/h2-9,24H,10-15H2,1H3. The molecule has 6 heteroatoms. The molecular weight excluding hydrogens is 418 g/mol. The Morgan fingerprint density at radius 2 is 1.79 bits per heavy atom. The number of aromatic amines is 1. The Bertz CT molecular complexity index is 977. The molecule has 28 heavy (non-hydrogen) atoms. The van der Waals surface area contributed by atoms with E-state index in [1.807, 2.05) is 35.2 Å². The lowest BCUT2D eigenvalue weighted by Gasteiger charge is -2.36. The minimum absolute atomic E-state index is 0.219. The molecule has 2 aromatic carbocycles. The fourth-order valence-corrected chi connectivity index (χ4v) is 4.51. The van der Waals surface area contributed by atoms with Crippen LogP contribution in [0.5, 0.6) is 5.75 Å². The molecule has 0 saturated carbocycles. The highest BCUT2D eigenvalue weighted by Crippen LogP contribution is 2.29. The van der Waals surface area contributed by atoms with Gasteiger partial charge >= 0.3 is 0 Å². The highest BCUT2D eigenvalue weighted by atomic mass is 79.9. The van der Waals surface area contributed by atoms with Crippen molar-refractivity contribution in [2.45, 2.75) is 12.8 Å². The quantitative estimate of drug-likeness (QED) is 0.644. The van der Waals surface area contributed by atoms with Crippen LogP contribution in [0.15, 0.2) is 53.1 Å². The Kier molecular flexibility index (Phi) is 5.57. The van der Waals surface area contributed by atoms with E-state index < -0.39 is 0 Å². The summed E-state index contributed by atoms with van der Waals surface area (Å²) in [4.78, 5) is 20.4. The maximum absolute atomic E-state index is 12.8. The summed E-state index contributed by atoms with van der Waals surface area (Å²) in [6.07, 6.45) is 1.26. The van der Waals surface area contributed by atoms with Gasteiger partial charge in [0.05, 0.1) is 17.4 Å². The van der Waals surface area contributed by atoms with Gasteiger partial charge in [0.2, 0.25) is 5.91 Å². The summed E-state index contributed by atoms with van der Waals surface area (Å²) < 4.78 is 6.44. The molecule has 1 saturated heterocycles. The first-order valence-electron chi connectivity index (χ1n) is 9.58. The van der Waals surface area contributed by atoms with Gasteiger partial charge in [-0.05, 0) is 46.1 Å². The van der Waals surface area contributed by atoms with Gasteiger partial charge in [0, 0.05) is 43.5 Å². The molecule has 0 unspecified atom stereocenters. The van der Waals surface area contributed by atoms with E-state index in [1.54, 1.807) is 7.11 Å². The Labute approximate surface area is 173 Å². The van der Waals surface area contributed by atoms with Gasteiger partial charge in [-0.1, -0.05) is 30.3 Å². The predicted molar refractivity (Wildman–Crippen MR) is 116 cm³/mol. The number of halogens is 1. The lowest BCUT2D eigenvalue weighted by molar-refractivity contribution is -0.131. The molecule has 1 N–H and O–H groups in total. The zero-order valence-electron chi connectivity index (χ0n) is 16.0. The van der Waals surface area contributed by atoms with Crippen molar-refractivity contribution in [1.29, 1.82) is 0 Å². The SMILES string of the molecule is COc1ccccc1N1CCN(C(=O)CCc2c(Br)[nH]c3ccccc23)CC1. The number of amides is 1. The second-order valence-corrected chi connectivity index (χ2v) is 7.80. The third-order valence-electron chi connectivity index (χ3n) is 5.41. The maximum atomic E-state index is 12.8. The number of benzene rings is 2. The number of fused-ring (bicyclic) bond motifs is 1. The molecule has 0 bridgehead atoms. The number of para-hydroxylation sites is 3. The van der Waals surface area contributed by atoms with Crippen LogP contribution in [0.2, 0.25) is 0 Å². The number of hydrogen-bond acceptors (Lipinski definition) is 3. The Morgan fingerprint density at radius 1 is 1.07 bits per heavy atom. The second kappa shape index (κ2) is 8.27. The zero-order valence-corrected chi connectivity index (χ0v) is 17.5. The number of nitrogens with zero attached hydrogens (tertiary/aromatic N) is 2. The number of ether oxygens (including phenoxy) is 1. The largest absolute Gasteiger partial charge is 0.495 e. The molecule has 1 aliphatic heterocycles. The van der Waals surface area contributed by atoms with E-state index in [9.17, 15) is 4.79 Å². The number of carbonyl (C=O) groups is 1. The molecule has 0 atom stereocenters. The second-order valence-electron chi connectivity index (χ2n) is 7.00. The summed E-state index contributed by atoms with van der Waals surface area (Å²) in [5.74, 6) is 1.10. The number of anilines is 1. The first kappa shape index (κ1) is 18.9. The van der Waals surface area contributed by atoms with Crippen LogP contribution in [0.4, 0.5) is 5.69 Å². The number of H-pyrrole nitrogens is 1. The molecular formula is C22H24BrN3O2. The summed E-state index contributed by atoms with van der Waals surface area (Å²) in [7, 11) is 1.70. The fraction of sp³-hybridized carbons (Fsp3) is 0.318. The first-order chi connectivity index (χ1) is 13.7. The highest BCUT2D eigenvalue weighted by molar-refractivity contribution is 9.10. The van der Waals surface area contributed by atoms with E-state index in [1.165, 1.54) is 10.9 Å². The van der Waals surface area contributed by atoms with E-state index in [2.05, 4.69) is 44.0 Å². The summed E-state index contributed by atoms with van der Waals surface area (Å²) in [5, 5.41) is 1.18. The molecule has 1 aliphatic rings. The van der Waals surface area contributed by atoms with Gasteiger partial charge in [-0.3, -0.25) is 4.79 Å². The minimum atomic E-state index is 0.219. The van der Waals surface area contributed by atoms with Gasteiger partial charge in [0.15, 0.2) is 0 Å². The smallest absolute Gasteiger partial charge is 0.223 e. The van der Waals surface area contributed by atoms with Crippen LogP contribution in [0, 0.1) is 0 Å². The Morgan fingerprint density at radius 3 is 2.57 bits per heavy atom. The predicted octanol–water partition coefficient (Wildman–Crippen LogP) is 4.22. The fourth-order valence-electron chi connectivity index (χ4n) is 3.89. The van der Waals surface area contributed by atoms with Crippen LogP contribution >= 0.6 is 15.9 Å². The third-order valence-corrected chi connectivity index (χ3v) is 6.09. The number of piperazine rings is 1. The highest BCUT2D eigenvalue weighted by Gasteiger charge is 2.23. The third kappa shape index (κ3) is 3.74. The van der Waals surface area contributed by atoms with Crippen LogP contribution < -0.4 is 9.64 Å². The van der Waals surface area contributed by atoms with Crippen molar-refractivity contribution >= 4 is 38.4 Å². The molecule has 1 aromatic heterocycles. The maximum Gasteiger partial charge on any atom is 0.223 e. The number of aryl methyl sites for hydroxylation is 1. The number of carbonyl (C=O) groups excluding carboxylic acids is 1. The lowest BCUT2D eigenvalue weighted by atomic mass is 10.1. The summed E-state index contributed by atoms with van der Waals surface area (Å²) in [6, 6.07) is 16.3.